The molecule has 0 bridgehead atoms. The second kappa shape index (κ2) is 7.40. The number of aromatic nitrogens is 3. The largest absolute Gasteiger partial charge is 0.354 e. The van der Waals surface area contributed by atoms with E-state index in [2.05, 4.69) is 32.1 Å². The zero-order valence-corrected chi connectivity index (χ0v) is 16.0. The maximum atomic E-state index is 13.8. The zero-order valence-electron chi connectivity index (χ0n) is 16.0. The predicted octanol–water partition coefficient (Wildman–Crippen LogP) is 2.14. The number of carbonyl (C=O) groups excluding carboxylic acids is 1. The number of anilines is 1. The molecule has 1 atom stereocenters. The molecule has 9 heteroatoms. The standard InChI is InChI=1S/C20H22F2N6O/c1-2-12-8-24-17-15(12)18(27-11-26-17)28-7-6-20(23,10-28)9-25-19(29)16-13(21)4-3-5-14(16)22/h3-5,8,11H,2,6-7,9-10,23H2,1H3,(H,25,29)(H,24,26,27)/t20-/m0/s1. The molecule has 3 heterocycles. The summed E-state index contributed by atoms with van der Waals surface area (Å²) >= 11 is 0. The van der Waals surface area contributed by atoms with E-state index in [-0.39, 0.29) is 6.54 Å². The van der Waals surface area contributed by atoms with Crippen LogP contribution in [0.1, 0.15) is 29.3 Å². The average Bonchev–Trinajstić information content (AvgIpc) is 3.30. The molecule has 1 aliphatic heterocycles. The van der Waals surface area contributed by atoms with Crippen molar-refractivity contribution in [1.29, 1.82) is 0 Å². The molecule has 3 aromatic rings. The second-order valence-corrected chi connectivity index (χ2v) is 7.40. The van der Waals surface area contributed by atoms with E-state index >= 15 is 0 Å². The first kappa shape index (κ1) is 19.3. The molecular formula is C20H22F2N6O. The molecule has 4 rings (SSSR count). The molecule has 152 valence electrons. The van der Waals surface area contributed by atoms with Crippen LogP contribution in [0.3, 0.4) is 0 Å². The van der Waals surface area contributed by atoms with E-state index in [0.717, 1.165) is 41.0 Å². The van der Waals surface area contributed by atoms with Crippen molar-refractivity contribution in [3.63, 3.8) is 0 Å². The highest BCUT2D eigenvalue weighted by atomic mass is 19.1. The molecule has 1 saturated heterocycles. The van der Waals surface area contributed by atoms with Gasteiger partial charge in [-0.25, -0.2) is 18.7 Å². The normalized spacial score (nSPS) is 19.1. The Bertz CT molecular complexity index is 1050. The van der Waals surface area contributed by atoms with Crippen LogP contribution in [0, 0.1) is 11.6 Å². The van der Waals surface area contributed by atoms with Crippen molar-refractivity contribution < 1.29 is 13.6 Å². The summed E-state index contributed by atoms with van der Waals surface area (Å²) in [6.07, 6.45) is 4.88. The van der Waals surface area contributed by atoms with Crippen molar-refractivity contribution in [2.45, 2.75) is 25.3 Å². The van der Waals surface area contributed by atoms with Gasteiger partial charge in [-0.2, -0.15) is 0 Å². The van der Waals surface area contributed by atoms with Crippen LogP contribution in [0.25, 0.3) is 11.0 Å². The summed E-state index contributed by atoms with van der Waals surface area (Å²) in [6, 6.07) is 3.32. The Morgan fingerprint density at radius 2 is 2.10 bits per heavy atom. The first-order valence-electron chi connectivity index (χ1n) is 9.49. The van der Waals surface area contributed by atoms with Gasteiger partial charge < -0.3 is 20.9 Å². The van der Waals surface area contributed by atoms with Crippen LogP contribution >= 0.6 is 0 Å². The van der Waals surface area contributed by atoms with Crippen LogP contribution in [-0.2, 0) is 6.42 Å². The third-order valence-corrected chi connectivity index (χ3v) is 5.39. The average molecular weight is 400 g/mol. The summed E-state index contributed by atoms with van der Waals surface area (Å²) in [7, 11) is 0. The Kier molecular flexibility index (Phi) is 4.91. The minimum absolute atomic E-state index is 0.0953. The highest BCUT2D eigenvalue weighted by Gasteiger charge is 2.36. The van der Waals surface area contributed by atoms with Crippen molar-refractivity contribution in [2.75, 3.05) is 24.5 Å². The highest BCUT2D eigenvalue weighted by molar-refractivity contribution is 5.95. The number of halogens is 2. The molecule has 1 fully saturated rings. The quantitative estimate of drug-likeness (QED) is 0.609. The van der Waals surface area contributed by atoms with Gasteiger partial charge in [-0.05, 0) is 30.5 Å². The SMILES string of the molecule is CCc1c[nH]c2ncnc(N3CC[C@](N)(CNC(=O)c4c(F)cccc4F)C3)c12. The maximum Gasteiger partial charge on any atom is 0.257 e. The van der Waals surface area contributed by atoms with Crippen LogP contribution in [0.5, 0.6) is 0 Å². The number of hydrogen-bond donors (Lipinski definition) is 3. The first-order valence-corrected chi connectivity index (χ1v) is 9.49. The fraction of sp³-hybridized carbons (Fsp3) is 0.350. The predicted molar refractivity (Wildman–Crippen MR) is 106 cm³/mol. The number of nitrogens with two attached hydrogens (primary N) is 1. The highest BCUT2D eigenvalue weighted by Crippen LogP contribution is 2.31. The Morgan fingerprint density at radius 3 is 2.83 bits per heavy atom. The van der Waals surface area contributed by atoms with Gasteiger partial charge in [0, 0.05) is 25.8 Å². The maximum absolute atomic E-state index is 13.8. The van der Waals surface area contributed by atoms with E-state index in [1.165, 1.54) is 12.4 Å². The zero-order chi connectivity index (χ0) is 20.6. The third kappa shape index (κ3) is 3.53. The van der Waals surface area contributed by atoms with Crippen LogP contribution in [-0.4, -0.2) is 46.0 Å². The van der Waals surface area contributed by atoms with Crippen molar-refractivity contribution >= 4 is 22.8 Å². The number of hydrogen-bond acceptors (Lipinski definition) is 5. The number of nitrogens with zero attached hydrogens (tertiary/aromatic N) is 3. The summed E-state index contributed by atoms with van der Waals surface area (Å²) in [6.45, 7) is 3.26. The molecule has 1 aromatic carbocycles. The lowest BCUT2D eigenvalue weighted by molar-refractivity contribution is 0.0936. The van der Waals surface area contributed by atoms with Gasteiger partial charge in [0.2, 0.25) is 0 Å². The Morgan fingerprint density at radius 1 is 1.34 bits per heavy atom. The van der Waals surface area contributed by atoms with E-state index in [4.69, 9.17) is 5.73 Å². The van der Waals surface area contributed by atoms with E-state index in [0.29, 0.717) is 19.5 Å². The van der Waals surface area contributed by atoms with Gasteiger partial charge in [-0.3, -0.25) is 4.79 Å². The second-order valence-electron chi connectivity index (χ2n) is 7.40. The topological polar surface area (TPSA) is 99.9 Å². The number of aromatic amines is 1. The summed E-state index contributed by atoms with van der Waals surface area (Å²) in [5.41, 5.74) is 7.04. The van der Waals surface area contributed by atoms with Gasteiger partial charge in [0.1, 0.15) is 35.0 Å². The van der Waals surface area contributed by atoms with Gasteiger partial charge in [0.05, 0.1) is 10.9 Å². The number of H-pyrrole nitrogens is 1. The van der Waals surface area contributed by atoms with Crippen LogP contribution in [0.2, 0.25) is 0 Å². The summed E-state index contributed by atoms with van der Waals surface area (Å²) in [5, 5.41) is 3.55. The molecule has 1 amide bonds. The molecule has 0 spiro atoms. The lowest BCUT2D eigenvalue weighted by Crippen LogP contribution is -2.52. The van der Waals surface area contributed by atoms with Crippen LogP contribution in [0.15, 0.2) is 30.7 Å². The van der Waals surface area contributed by atoms with Gasteiger partial charge in [0.15, 0.2) is 0 Å². The summed E-state index contributed by atoms with van der Waals surface area (Å²) in [5.74, 6) is -1.81. The fourth-order valence-electron chi connectivity index (χ4n) is 3.81. The van der Waals surface area contributed by atoms with E-state index < -0.39 is 28.6 Å². The molecule has 29 heavy (non-hydrogen) atoms. The Balaban J connectivity index is 1.49. The monoisotopic (exact) mass is 400 g/mol. The van der Waals surface area contributed by atoms with Gasteiger partial charge >= 0.3 is 0 Å². The van der Waals surface area contributed by atoms with Gasteiger partial charge in [-0.1, -0.05) is 13.0 Å². The Hall–Kier alpha value is -3.07. The molecule has 0 unspecified atom stereocenters. The molecule has 0 radical (unpaired) electrons. The molecule has 2 aromatic heterocycles. The minimum atomic E-state index is -0.899. The van der Waals surface area contributed by atoms with Crippen LogP contribution in [0.4, 0.5) is 14.6 Å². The van der Waals surface area contributed by atoms with Crippen molar-refractivity contribution in [2.24, 2.45) is 5.73 Å². The van der Waals surface area contributed by atoms with Crippen LogP contribution < -0.4 is 16.0 Å². The molecule has 0 saturated carbocycles. The lowest BCUT2D eigenvalue weighted by atomic mass is 10.00. The van der Waals surface area contributed by atoms with E-state index in [1.54, 1.807) is 0 Å². The fourth-order valence-corrected chi connectivity index (χ4v) is 3.81. The van der Waals surface area contributed by atoms with Gasteiger partial charge in [-0.15, -0.1) is 0 Å². The van der Waals surface area contributed by atoms with E-state index in [1.807, 2.05) is 6.20 Å². The number of carbonyl (C=O) groups is 1. The van der Waals surface area contributed by atoms with Crippen molar-refractivity contribution in [3.8, 4) is 0 Å². The summed E-state index contributed by atoms with van der Waals surface area (Å²) < 4.78 is 27.6. The summed E-state index contributed by atoms with van der Waals surface area (Å²) in [4.78, 5) is 26.2. The number of fused-ring (bicyclic) bond motifs is 1. The van der Waals surface area contributed by atoms with Crippen molar-refractivity contribution in [1.82, 2.24) is 20.3 Å². The van der Waals surface area contributed by atoms with E-state index in [9.17, 15) is 13.6 Å². The van der Waals surface area contributed by atoms with Crippen molar-refractivity contribution in [3.05, 3.63) is 53.5 Å². The molecule has 7 nitrogen and oxygen atoms in total. The number of benzene rings is 1. The lowest BCUT2D eigenvalue weighted by Gasteiger charge is -2.26. The molecule has 4 N–H and O–H groups in total. The number of aryl methyl sites for hydroxylation is 1. The third-order valence-electron chi connectivity index (χ3n) is 5.39. The first-order chi connectivity index (χ1) is 13.9. The minimum Gasteiger partial charge on any atom is -0.354 e. The molecule has 1 aliphatic rings. The number of nitrogens with one attached hydrogen (secondary N) is 2. The Labute approximate surface area is 166 Å². The molecule has 0 aliphatic carbocycles. The van der Waals surface area contributed by atoms with Gasteiger partial charge in [0.25, 0.3) is 5.91 Å². The smallest absolute Gasteiger partial charge is 0.257 e. The number of rotatable bonds is 5. The molecular weight excluding hydrogens is 378 g/mol. The number of amides is 1.